The van der Waals surface area contributed by atoms with Gasteiger partial charge in [0.15, 0.2) is 11.3 Å². The first-order valence-corrected chi connectivity index (χ1v) is 10.7. The number of nitrogens with one attached hydrogen (secondary N) is 1. The lowest BCUT2D eigenvalue weighted by molar-refractivity contribution is 0.0996. The number of carbonyl (C=O) groups excluding carboxylic acids is 1. The average molecular weight is 463 g/mol. The molecule has 166 valence electrons. The molecule has 33 heavy (non-hydrogen) atoms. The maximum absolute atomic E-state index is 11.8. The molecule has 1 aliphatic rings. The number of hydrogen-bond acceptors (Lipinski definition) is 7. The first kappa shape index (κ1) is 21.0. The number of aromatic nitrogens is 3. The van der Waals surface area contributed by atoms with Gasteiger partial charge in [0.25, 0.3) is 0 Å². The van der Waals surface area contributed by atoms with Gasteiger partial charge in [-0.25, -0.2) is 4.98 Å². The van der Waals surface area contributed by atoms with Gasteiger partial charge in [-0.3, -0.25) is 4.79 Å². The van der Waals surface area contributed by atoms with Gasteiger partial charge >= 0.3 is 5.91 Å². The highest BCUT2D eigenvalue weighted by Crippen LogP contribution is 2.27. The van der Waals surface area contributed by atoms with Crippen LogP contribution in [0.3, 0.4) is 0 Å². The Morgan fingerprint density at radius 1 is 1.03 bits per heavy atom. The van der Waals surface area contributed by atoms with Crippen LogP contribution in [0.25, 0.3) is 16.9 Å². The minimum atomic E-state index is -0.950. The molecule has 0 aliphatic carbocycles. The Bertz CT molecular complexity index is 1310. The number of rotatable bonds is 5. The Kier molecular flexibility index (Phi) is 5.72. The lowest BCUT2D eigenvalue weighted by atomic mass is 10.1. The molecule has 9 nitrogen and oxygen atoms in total. The van der Waals surface area contributed by atoms with E-state index < -0.39 is 5.91 Å². The van der Waals surface area contributed by atoms with E-state index in [2.05, 4.69) is 25.5 Å². The molecule has 1 fully saturated rings. The number of morpholine rings is 1. The van der Waals surface area contributed by atoms with Crippen LogP contribution >= 0.6 is 11.6 Å². The normalized spacial score (nSPS) is 13.8. The number of halogens is 1. The molecule has 3 heterocycles. The quantitative estimate of drug-likeness (QED) is 0.434. The van der Waals surface area contributed by atoms with Crippen LogP contribution in [0.5, 0.6) is 0 Å². The molecule has 0 radical (unpaired) electrons. The second-order valence-electron chi connectivity index (χ2n) is 7.50. The molecule has 1 amide bonds. The Labute approximate surface area is 193 Å². The molecule has 10 heteroatoms. The van der Waals surface area contributed by atoms with Gasteiger partial charge in [-0.05, 0) is 36.4 Å². The molecule has 0 spiro atoms. The van der Waals surface area contributed by atoms with E-state index in [0.29, 0.717) is 22.2 Å². The number of amides is 1. The predicted octanol–water partition coefficient (Wildman–Crippen LogP) is 4.54. The molecule has 0 unspecified atom stereocenters. The second kappa shape index (κ2) is 8.97. The summed E-state index contributed by atoms with van der Waals surface area (Å²) < 4.78 is 6.90. The number of ether oxygens (including phenoxy) is 1. The van der Waals surface area contributed by atoms with Crippen LogP contribution in [0.1, 0.15) is 10.5 Å². The SMILES string of the molecule is O=NC(=O)c1cc2nc(-c3ccc(Cl)cc3)cc(Nc3ccc(N4CCOCC4)cc3)n2n1. The van der Waals surface area contributed by atoms with E-state index in [1.165, 1.54) is 10.6 Å². The summed E-state index contributed by atoms with van der Waals surface area (Å²) in [6.07, 6.45) is 0. The summed E-state index contributed by atoms with van der Waals surface area (Å²) in [5.74, 6) is -0.372. The molecule has 1 aliphatic heterocycles. The van der Waals surface area contributed by atoms with Crippen LogP contribution in [-0.4, -0.2) is 46.8 Å². The summed E-state index contributed by atoms with van der Waals surface area (Å²) in [5, 5.41) is 10.7. The molecule has 0 bridgehead atoms. The number of carbonyl (C=O) groups is 1. The van der Waals surface area contributed by atoms with E-state index in [1.54, 1.807) is 12.1 Å². The summed E-state index contributed by atoms with van der Waals surface area (Å²) in [7, 11) is 0. The van der Waals surface area contributed by atoms with Crippen molar-refractivity contribution < 1.29 is 9.53 Å². The summed E-state index contributed by atoms with van der Waals surface area (Å²) >= 11 is 6.02. The summed E-state index contributed by atoms with van der Waals surface area (Å²) in [6.45, 7) is 3.16. The van der Waals surface area contributed by atoms with Crippen LogP contribution in [0.4, 0.5) is 17.2 Å². The van der Waals surface area contributed by atoms with Gasteiger partial charge in [0.05, 0.1) is 18.9 Å². The lowest BCUT2D eigenvalue weighted by Gasteiger charge is -2.28. The second-order valence-corrected chi connectivity index (χ2v) is 7.94. The fourth-order valence-electron chi connectivity index (χ4n) is 3.71. The summed E-state index contributed by atoms with van der Waals surface area (Å²) in [5.41, 5.74) is 3.78. The third kappa shape index (κ3) is 4.41. The van der Waals surface area contributed by atoms with Crippen molar-refractivity contribution in [1.29, 1.82) is 0 Å². The number of benzene rings is 2. The minimum absolute atomic E-state index is 0.0727. The Morgan fingerprint density at radius 3 is 2.45 bits per heavy atom. The third-order valence-electron chi connectivity index (χ3n) is 5.39. The molecule has 4 aromatic rings. The maximum atomic E-state index is 11.8. The highest BCUT2D eigenvalue weighted by Gasteiger charge is 2.16. The first-order chi connectivity index (χ1) is 16.1. The zero-order valence-corrected chi connectivity index (χ0v) is 18.2. The van der Waals surface area contributed by atoms with Crippen LogP contribution in [0.15, 0.2) is 65.8 Å². The van der Waals surface area contributed by atoms with Gasteiger partial charge < -0.3 is 15.0 Å². The number of fused-ring (bicyclic) bond motifs is 1. The van der Waals surface area contributed by atoms with E-state index in [4.69, 9.17) is 16.3 Å². The number of anilines is 3. The molecule has 1 N–H and O–H groups in total. The zero-order valence-electron chi connectivity index (χ0n) is 17.4. The third-order valence-corrected chi connectivity index (χ3v) is 5.64. The van der Waals surface area contributed by atoms with Gasteiger partial charge in [-0.15, -0.1) is 4.91 Å². The monoisotopic (exact) mass is 462 g/mol. The standard InChI is InChI=1S/C23H19ClN6O3/c24-16-3-1-15(2-4-16)19-13-21(30-22(26-19)14-20(27-30)23(31)28-32)25-17-5-7-18(8-6-17)29-9-11-33-12-10-29/h1-8,13-14,25H,9-12H2. The minimum Gasteiger partial charge on any atom is -0.378 e. The van der Waals surface area contributed by atoms with E-state index in [1.807, 2.05) is 42.5 Å². The predicted molar refractivity (Wildman–Crippen MR) is 126 cm³/mol. The molecule has 1 saturated heterocycles. The van der Waals surface area contributed by atoms with Crippen LogP contribution in [0, 0.1) is 4.91 Å². The smallest absolute Gasteiger partial charge is 0.336 e. The van der Waals surface area contributed by atoms with Crippen molar-refractivity contribution in [3.05, 3.63) is 76.3 Å². The maximum Gasteiger partial charge on any atom is 0.336 e. The highest BCUT2D eigenvalue weighted by molar-refractivity contribution is 6.30. The van der Waals surface area contributed by atoms with E-state index in [0.717, 1.165) is 43.2 Å². The molecule has 2 aromatic heterocycles. The fourth-order valence-corrected chi connectivity index (χ4v) is 3.83. The zero-order chi connectivity index (χ0) is 22.8. The topological polar surface area (TPSA) is 101 Å². The van der Waals surface area contributed by atoms with Gasteiger partial charge in [-0.2, -0.15) is 9.61 Å². The first-order valence-electron chi connectivity index (χ1n) is 10.3. The Morgan fingerprint density at radius 2 is 1.76 bits per heavy atom. The molecule has 0 saturated carbocycles. The van der Waals surface area contributed by atoms with Crippen molar-refractivity contribution in [3.8, 4) is 11.3 Å². The fraction of sp³-hybridized carbons (Fsp3) is 0.174. The van der Waals surface area contributed by atoms with Crippen molar-refractivity contribution in [3.63, 3.8) is 0 Å². The Hall–Kier alpha value is -3.82. The van der Waals surface area contributed by atoms with Gasteiger partial charge in [0, 0.05) is 52.4 Å². The molecular weight excluding hydrogens is 444 g/mol. The lowest BCUT2D eigenvalue weighted by Crippen LogP contribution is -2.36. The van der Waals surface area contributed by atoms with Gasteiger partial charge in [-0.1, -0.05) is 23.7 Å². The van der Waals surface area contributed by atoms with Crippen molar-refractivity contribution in [2.75, 3.05) is 36.5 Å². The Balaban J connectivity index is 1.52. The van der Waals surface area contributed by atoms with Crippen molar-refractivity contribution in [1.82, 2.24) is 14.6 Å². The van der Waals surface area contributed by atoms with Gasteiger partial charge in [0.1, 0.15) is 5.82 Å². The van der Waals surface area contributed by atoms with Crippen molar-refractivity contribution in [2.24, 2.45) is 5.18 Å². The number of nitroso groups, excluding NO2 is 1. The van der Waals surface area contributed by atoms with Crippen LogP contribution in [-0.2, 0) is 4.74 Å². The molecule has 0 atom stereocenters. The summed E-state index contributed by atoms with van der Waals surface area (Å²) in [4.78, 5) is 29.4. The highest BCUT2D eigenvalue weighted by atomic mass is 35.5. The molecular formula is C23H19ClN6O3. The van der Waals surface area contributed by atoms with E-state index in [-0.39, 0.29) is 5.69 Å². The number of hydrogen-bond donors (Lipinski definition) is 1. The summed E-state index contributed by atoms with van der Waals surface area (Å²) in [6, 6.07) is 18.6. The van der Waals surface area contributed by atoms with Gasteiger partial charge in [0.2, 0.25) is 0 Å². The molecule has 2 aromatic carbocycles. The van der Waals surface area contributed by atoms with Crippen LogP contribution < -0.4 is 10.2 Å². The molecule has 5 rings (SSSR count). The van der Waals surface area contributed by atoms with Crippen LogP contribution in [0.2, 0.25) is 5.02 Å². The number of nitrogens with zero attached hydrogens (tertiary/aromatic N) is 5. The van der Waals surface area contributed by atoms with E-state index >= 15 is 0 Å². The van der Waals surface area contributed by atoms with E-state index in [9.17, 15) is 9.70 Å². The van der Waals surface area contributed by atoms with Crippen molar-refractivity contribution >= 4 is 40.3 Å². The average Bonchev–Trinajstić information content (AvgIpc) is 3.30. The van der Waals surface area contributed by atoms with Crippen molar-refractivity contribution in [2.45, 2.75) is 0 Å². The largest absolute Gasteiger partial charge is 0.378 e.